The molecule has 2 N–H and O–H groups in total. The van der Waals surface area contributed by atoms with E-state index in [4.69, 9.17) is 9.47 Å². The third-order valence-corrected chi connectivity index (χ3v) is 8.95. The van der Waals surface area contributed by atoms with E-state index in [1.807, 2.05) is 36.4 Å². The molecule has 1 aliphatic rings. The van der Waals surface area contributed by atoms with Gasteiger partial charge in [0.1, 0.15) is 10.8 Å². The summed E-state index contributed by atoms with van der Waals surface area (Å²) in [7, 11) is 2.91. The van der Waals surface area contributed by atoms with Crippen LogP contribution in [0.2, 0.25) is 0 Å². The fraction of sp³-hybridized carbons (Fsp3) is 0.219. The molecule has 0 atom stereocenters. The molecule has 0 saturated carbocycles. The highest BCUT2D eigenvalue weighted by Crippen LogP contribution is 2.38. The van der Waals surface area contributed by atoms with Crippen molar-refractivity contribution in [3.63, 3.8) is 0 Å². The number of methoxy groups -OCH3 is 2. The third-order valence-electron chi connectivity index (χ3n) is 6.82. The van der Waals surface area contributed by atoms with Gasteiger partial charge in [-0.3, -0.25) is 14.5 Å². The third kappa shape index (κ3) is 7.20. The largest absolute Gasteiger partial charge is 0.497 e. The highest BCUT2D eigenvalue weighted by atomic mass is 32.2. The van der Waals surface area contributed by atoms with E-state index < -0.39 is 5.97 Å². The number of rotatable bonds is 10. The highest BCUT2D eigenvalue weighted by Gasteiger charge is 2.29. The fourth-order valence-corrected chi connectivity index (χ4v) is 6.83. The smallest absolute Gasteiger partial charge is 0.341 e. The van der Waals surface area contributed by atoms with Gasteiger partial charge in [0.05, 0.1) is 25.5 Å². The first-order valence-corrected chi connectivity index (χ1v) is 15.2. The number of carbonyl (C=O) groups is 3. The number of thioether (sulfide) groups is 1. The SMILES string of the molecule is COC(=O)c1c(NC(=O)CSc2cccc(NC(=O)c3cccc(OC)c3)c2)sc2c1CCN(Cc1ccccc1)C2. The summed E-state index contributed by atoms with van der Waals surface area (Å²) in [6.45, 7) is 2.34. The first-order valence-electron chi connectivity index (χ1n) is 13.4. The Morgan fingerprint density at radius 1 is 0.952 bits per heavy atom. The Balaban J connectivity index is 1.22. The van der Waals surface area contributed by atoms with E-state index in [1.54, 1.807) is 37.4 Å². The fourth-order valence-electron chi connectivity index (χ4n) is 4.78. The van der Waals surface area contributed by atoms with Crippen molar-refractivity contribution in [2.75, 3.05) is 37.2 Å². The van der Waals surface area contributed by atoms with Gasteiger partial charge < -0.3 is 20.1 Å². The predicted molar refractivity (Wildman–Crippen MR) is 167 cm³/mol. The number of esters is 1. The van der Waals surface area contributed by atoms with Gasteiger partial charge in [-0.2, -0.15) is 0 Å². The Morgan fingerprint density at radius 3 is 2.55 bits per heavy atom. The molecule has 1 aromatic heterocycles. The van der Waals surface area contributed by atoms with E-state index in [9.17, 15) is 14.4 Å². The van der Waals surface area contributed by atoms with Crippen molar-refractivity contribution in [3.05, 3.63) is 106 Å². The second-order valence-corrected chi connectivity index (χ2v) is 11.9. The molecule has 2 amide bonds. The Labute approximate surface area is 253 Å². The van der Waals surface area contributed by atoms with E-state index in [-0.39, 0.29) is 17.6 Å². The highest BCUT2D eigenvalue weighted by molar-refractivity contribution is 8.00. The maximum absolute atomic E-state index is 13.0. The van der Waals surface area contributed by atoms with Crippen molar-refractivity contribution >= 4 is 51.6 Å². The van der Waals surface area contributed by atoms with E-state index in [0.717, 1.165) is 28.4 Å². The Hall–Kier alpha value is -4.12. The van der Waals surface area contributed by atoms with Gasteiger partial charge in [-0.25, -0.2) is 4.79 Å². The quantitative estimate of drug-likeness (QED) is 0.168. The molecule has 10 heteroatoms. The van der Waals surface area contributed by atoms with Crippen molar-refractivity contribution in [2.24, 2.45) is 0 Å². The van der Waals surface area contributed by atoms with Gasteiger partial charge >= 0.3 is 5.97 Å². The number of anilines is 2. The van der Waals surface area contributed by atoms with Crippen LogP contribution in [0.1, 0.15) is 36.7 Å². The van der Waals surface area contributed by atoms with Crippen LogP contribution in [-0.2, 0) is 29.0 Å². The van der Waals surface area contributed by atoms with Gasteiger partial charge in [-0.1, -0.05) is 42.5 Å². The van der Waals surface area contributed by atoms with Gasteiger partial charge in [0.15, 0.2) is 0 Å². The monoisotopic (exact) mass is 601 g/mol. The van der Waals surface area contributed by atoms with Crippen molar-refractivity contribution in [1.29, 1.82) is 0 Å². The predicted octanol–water partition coefficient (Wildman–Crippen LogP) is 6.08. The van der Waals surface area contributed by atoms with Crippen LogP contribution in [0.5, 0.6) is 5.75 Å². The zero-order valence-electron chi connectivity index (χ0n) is 23.3. The van der Waals surface area contributed by atoms with E-state index in [2.05, 4.69) is 27.7 Å². The average molecular weight is 602 g/mol. The minimum atomic E-state index is -0.438. The van der Waals surface area contributed by atoms with Crippen LogP contribution in [0, 0.1) is 0 Å². The lowest BCUT2D eigenvalue weighted by Gasteiger charge is -2.27. The molecule has 4 aromatic rings. The maximum Gasteiger partial charge on any atom is 0.341 e. The zero-order valence-corrected chi connectivity index (χ0v) is 25.0. The number of nitrogens with one attached hydrogen (secondary N) is 2. The summed E-state index contributed by atoms with van der Waals surface area (Å²) in [6, 6.07) is 24.5. The molecule has 2 heterocycles. The van der Waals surface area contributed by atoms with Crippen LogP contribution in [0.15, 0.2) is 83.8 Å². The van der Waals surface area contributed by atoms with Gasteiger partial charge in [0.25, 0.3) is 5.91 Å². The molecule has 1 aliphatic heterocycles. The van der Waals surface area contributed by atoms with E-state index in [0.29, 0.717) is 40.5 Å². The number of nitrogens with zero attached hydrogens (tertiary/aromatic N) is 1. The lowest BCUT2D eigenvalue weighted by molar-refractivity contribution is -0.113. The molecule has 3 aromatic carbocycles. The summed E-state index contributed by atoms with van der Waals surface area (Å²) in [5.74, 6) is -0.184. The summed E-state index contributed by atoms with van der Waals surface area (Å²) < 4.78 is 10.3. The second kappa shape index (κ2) is 13.7. The van der Waals surface area contributed by atoms with Gasteiger partial charge in [-0.05, 0) is 53.9 Å². The number of ether oxygens (including phenoxy) is 2. The average Bonchev–Trinajstić information content (AvgIpc) is 3.37. The molecule has 0 saturated heterocycles. The van der Waals surface area contributed by atoms with Crippen molar-refractivity contribution in [3.8, 4) is 5.75 Å². The summed E-state index contributed by atoms with van der Waals surface area (Å²) in [4.78, 5) is 42.7. The second-order valence-electron chi connectivity index (χ2n) is 9.70. The topological polar surface area (TPSA) is 97.0 Å². The minimum absolute atomic E-state index is 0.136. The number of hydrogen-bond donors (Lipinski definition) is 2. The number of hydrogen-bond acceptors (Lipinski definition) is 8. The molecule has 0 spiro atoms. The molecule has 8 nitrogen and oxygen atoms in total. The first-order chi connectivity index (χ1) is 20.4. The van der Waals surface area contributed by atoms with Crippen LogP contribution in [0.25, 0.3) is 0 Å². The number of fused-ring (bicyclic) bond motifs is 1. The van der Waals surface area contributed by atoms with Crippen LogP contribution in [-0.4, -0.2) is 49.2 Å². The summed E-state index contributed by atoms with van der Waals surface area (Å²) in [5.41, 5.74) is 3.75. The lowest BCUT2D eigenvalue weighted by atomic mass is 10.0. The van der Waals surface area contributed by atoms with Crippen molar-refractivity contribution < 1.29 is 23.9 Å². The molecular weight excluding hydrogens is 571 g/mol. The molecule has 0 aliphatic carbocycles. The number of benzene rings is 3. The molecule has 216 valence electrons. The number of amides is 2. The molecule has 0 bridgehead atoms. The lowest BCUT2D eigenvalue weighted by Crippen LogP contribution is -2.29. The van der Waals surface area contributed by atoms with Gasteiger partial charge in [0, 0.05) is 40.7 Å². The molecule has 0 fully saturated rings. The van der Waals surface area contributed by atoms with Crippen LogP contribution < -0.4 is 15.4 Å². The Kier molecular flexibility index (Phi) is 9.58. The zero-order chi connectivity index (χ0) is 29.5. The number of thiophene rings is 1. The summed E-state index contributed by atoms with van der Waals surface area (Å²) in [6.07, 6.45) is 0.710. The first kappa shape index (κ1) is 29.4. The molecule has 0 radical (unpaired) electrons. The standard InChI is InChI=1S/C32H31N3O5S2/c1-39-24-12-6-10-22(16-24)30(37)33-23-11-7-13-25(17-23)41-20-28(36)34-31-29(32(38)40-2)26-14-15-35(19-27(26)42-31)18-21-8-4-3-5-9-21/h3-13,16-17H,14-15,18-20H2,1-2H3,(H,33,37)(H,34,36). The van der Waals surface area contributed by atoms with Gasteiger partial charge in [0.2, 0.25) is 5.91 Å². The summed E-state index contributed by atoms with van der Waals surface area (Å²) in [5, 5.41) is 6.37. The molecule has 5 rings (SSSR count). The molecule has 42 heavy (non-hydrogen) atoms. The van der Waals surface area contributed by atoms with Gasteiger partial charge in [-0.15, -0.1) is 23.1 Å². The van der Waals surface area contributed by atoms with Crippen molar-refractivity contribution in [2.45, 2.75) is 24.4 Å². The summed E-state index contributed by atoms with van der Waals surface area (Å²) >= 11 is 2.78. The van der Waals surface area contributed by atoms with E-state index >= 15 is 0 Å². The van der Waals surface area contributed by atoms with Crippen LogP contribution in [0.4, 0.5) is 10.7 Å². The maximum atomic E-state index is 13.0. The van der Waals surface area contributed by atoms with Crippen LogP contribution >= 0.6 is 23.1 Å². The van der Waals surface area contributed by atoms with Crippen LogP contribution in [0.3, 0.4) is 0 Å². The number of carbonyl (C=O) groups excluding carboxylic acids is 3. The molecular formula is C32H31N3O5S2. The molecule has 0 unspecified atom stereocenters. The van der Waals surface area contributed by atoms with E-state index in [1.165, 1.54) is 35.8 Å². The normalized spacial score (nSPS) is 12.7. The minimum Gasteiger partial charge on any atom is -0.497 e. The van der Waals surface area contributed by atoms with Crippen molar-refractivity contribution in [1.82, 2.24) is 4.90 Å². The Morgan fingerprint density at radius 2 is 1.76 bits per heavy atom. The Bertz CT molecular complexity index is 1590.